The van der Waals surface area contributed by atoms with Crippen LogP contribution in [0.2, 0.25) is 0 Å². The minimum atomic E-state index is -3.45. The Balaban J connectivity index is 1.35. The molecule has 3 atom stereocenters. The smallest absolute Gasteiger partial charge is 0.229 e. The van der Waals surface area contributed by atoms with Gasteiger partial charge in [-0.1, -0.05) is 13.0 Å². The summed E-state index contributed by atoms with van der Waals surface area (Å²) in [4.78, 5) is 13.8. The third-order valence-corrected chi connectivity index (χ3v) is 9.39. The summed E-state index contributed by atoms with van der Waals surface area (Å²) in [6.07, 6.45) is 8.55. The molecule has 0 spiro atoms. The van der Waals surface area contributed by atoms with Crippen molar-refractivity contribution in [1.29, 1.82) is 0 Å². The first-order valence-electron chi connectivity index (χ1n) is 12.2. The Hall–Kier alpha value is -3.86. The van der Waals surface area contributed by atoms with Crippen LogP contribution in [0.5, 0.6) is 0 Å². The van der Waals surface area contributed by atoms with Crippen molar-refractivity contribution in [1.82, 2.24) is 25.1 Å². The molecule has 3 heterocycles. The first-order valence-corrected chi connectivity index (χ1v) is 14.1. The number of nitrogens with one attached hydrogen (secondary N) is 1. The van der Waals surface area contributed by atoms with E-state index in [9.17, 15) is 17.2 Å². The lowest BCUT2D eigenvalue weighted by molar-refractivity contribution is 0.334. The molecular formula is C27H22F2N6O2S. The predicted molar refractivity (Wildman–Crippen MR) is 136 cm³/mol. The lowest BCUT2D eigenvalue weighted by Crippen LogP contribution is -2.35. The second kappa shape index (κ2) is 7.37. The van der Waals surface area contributed by atoms with Crippen molar-refractivity contribution < 1.29 is 17.2 Å². The average molecular weight is 533 g/mol. The van der Waals surface area contributed by atoms with Crippen LogP contribution in [0.15, 0.2) is 55.0 Å². The minimum absolute atomic E-state index is 0.149. The molecule has 7 rings (SSSR count). The van der Waals surface area contributed by atoms with E-state index in [1.807, 2.05) is 0 Å². The number of benzene rings is 1. The van der Waals surface area contributed by atoms with E-state index >= 15 is 0 Å². The van der Waals surface area contributed by atoms with E-state index in [1.165, 1.54) is 24.4 Å². The van der Waals surface area contributed by atoms with Crippen molar-refractivity contribution in [3.8, 4) is 22.6 Å². The summed E-state index contributed by atoms with van der Waals surface area (Å²) >= 11 is 0. The predicted octanol–water partition coefficient (Wildman–Crippen LogP) is 4.39. The lowest BCUT2D eigenvalue weighted by atomic mass is 9.69. The van der Waals surface area contributed by atoms with E-state index in [1.54, 1.807) is 30.6 Å². The maximum absolute atomic E-state index is 14.6. The molecule has 1 N–H and O–H groups in total. The van der Waals surface area contributed by atoms with Crippen LogP contribution in [0.3, 0.4) is 0 Å². The van der Waals surface area contributed by atoms with Gasteiger partial charge in [0.25, 0.3) is 0 Å². The van der Waals surface area contributed by atoms with Gasteiger partial charge in [0, 0.05) is 17.8 Å². The van der Waals surface area contributed by atoms with E-state index < -0.39 is 27.1 Å². The van der Waals surface area contributed by atoms with Gasteiger partial charge in [0.05, 0.1) is 51.9 Å². The van der Waals surface area contributed by atoms with Crippen LogP contribution in [-0.4, -0.2) is 39.8 Å². The highest BCUT2D eigenvalue weighted by Gasteiger charge is 2.84. The first-order chi connectivity index (χ1) is 18.1. The third kappa shape index (κ3) is 2.93. The standard InChI is InChI=1S/C27H22F2N6O2S/c1-25-14-26(25)7-8-27(25,24-16(26)11-20(33-34-24)23-17(28)4-3-5-18(23)29)22-13-30-12-21(32-22)19-10-15(6-9-31-19)35-38(2,36)37/h3-6,9-13H,7-8,14H2,1-2H3,(H,31,35)/t25?,26?,27-/m0/s1. The van der Waals surface area contributed by atoms with Gasteiger partial charge in [-0.3, -0.25) is 14.7 Å². The molecule has 3 aliphatic rings. The Kier molecular flexibility index (Phi) is 4.52. The Morgan fingerprint density at radius 2 is 1.76 bits per heavy atom. The van der Waals surface area contributed by atoms with Gasteiger partial charge in [0.15, 0.2) is 0 Å². The zero-order valence-electron chi connectivity index (χ0n) is 20.5. The van der Waals surface area contributed by atoms with Gasteiger partial charge in [-0.15, -0.1) is 5.10 Å². The monoisotopic (exact) mass is 532 g/mol. The van der Waals surface area contributed by atoms with Crippen molar-refractivity contribution in [3.05, 3.63) is 83.6 Å². The van der Waals surface area contributed by atoms with Crippen molar-refractivity contribution in [2.45, 2.75) is 37.0 Å². The summed E-state index contributed by atoms with van der Waals surface area (Å²) in [6.45, 7) is 2.22. The summed E-state index contributed by atoms with van der Waals surface area (Å²) < 4.78 is 54.9. The fourth-order valence-electron chi connectivity index (χ4n) is 7.08. The molecule has 2 fully saturated rings. The molecule has 4 aromatic rings. The number of nitrogens with zero attached hydrogens (tertiary/aromatic N) is 5. The van der Waals surface area contributed by atoms with E-state index in [0.717, 1.165) is 42.5 Å². The Bertz CT molecular complexity index is 1760. The van der Waals surface area contributed by atoms with Crippen molar-refractivity contribution in [2.24, 2.45) is 5.41 Å². The van der Waals surface area contributed by atoms with Crippen LogP contribution in [0.4, 0.5) is 14.5 Å². The molecule has 2 unspecified atom stereocenters. The normalized spacial score (nSPS) is 26.6. The Labute approximate surface area is 217 Å². The minimum Gasteiger partial charge on any atom is -0.284 e. The number of pyridine rings is 1. The lowest BCUT2D eigenvalue weighted by Gasteiger charge is -2.35. The van der Waals surface area contributed by atoms with Crippen molar-refractivity contribution >= 4 is 15.7 Å². The van der Waals surface area contributed by atoms with Crippen LogP contribution < -0.4 is 4.72 Å². The summed E-state index contributed by atoms with van der Waals surface area (Å²) in [5, 5.41) is 8.87. The molecule has 0 aliphatic heterocycles. The molecule has 0 amide bonds. The highest BCUT2D eigenvalue weighted by atomic mass is 32.2. The number of hydrogen-bond donors (Lipinski definition) is 1. The Morgan fingerprint density at radius 1 is 0.974 bits per heavy atom. The largest absolute Gasteiger partial charge is 0.284 e. The van der Waals surface area contributed by atoms with Gasteiger partial charge >= 0.3 is 0 Å². The van der Waals surface area contributed by atoms with E-state index in [2.05, 4.69) is 31.8 Å². The summed E-state index contributed by atoms with van der Waals surface area (Å²) in [5.74, 6) is -1.35. The fraction of sp³-hybridized carbons (Fsp3) is 0.296. The number of aromatic nitrogens is 5. The van der Waals surface area contributed by atoms with Gasteiger partial charge in [-0.25, -0.2) is 22.2 Å². The maximum Gasteiger partial charge on any atom is 0.229 e. The highest BCUT2D eigenvalue weighted by molar-refractivity contribution is 7.92. The number of hydrogen-bond acceptors (Lipinski definition) is 7. The second-order valence-corrected chi connectivity index (χ2v) is 12.4. The Morgan fingerprint density at radius 3 is 2.50 bits per heavy atom. The van der Waals surface area contributed by atoms with Gasteiger partial charge in [-0.05, 0) is 60.6 Å². The van der Waals surface area contributed by atoms with E-state index in [0.29, 0.717) is 17.1 Å². The third-order valence-electron chi connectivity index (χ3n) is 8.79. The maximum atomic E-state index is 14.6. The molecule has 2 saturated carbocycles. The van der Waals surface area contributed by atoms with E-state index in [-0.39, 0.29) is 22.1 Å². The zero-order valence-corrected chi connectivity index (χ0v) is 21.4. The summed E-state index contributed by atoms with van der Waals surface area (Å²) in [6, 6.07) is 8.75. The number of fused-ring (bicyclic) bond motifs is 2. The van der Waals surface area contributed by atoms with Gasteiger partial charge in [0.1, 0.15) is 17.3 Å². The molecule has 11 heteroatoms. The molecule has 1 aromatic carbocycles. The van der Waals surface area contributed by atoms with Crippen molar-refractivity contribution in [3.63, 3.8) is 0 Å². The van der Waals surface area contributed by atoms with Gasteiger partial charge in [-0.2, -0.15) is 5.10 Å². The topological polar surface area (TPSA) is 111 Å². The van der Waals surface area contributed by atoms with Gasteiger partial charge in [0.2, 0.25) is 10.0 Å². The molecule has 3 aromatic heterocycles. The molecule has 8 nitrogen and oxygen atoms in total. The molecule has 38 heavy (non-hydrogen) atoms. The molecule has 0 radical (unpaired) electrons. The molecular weight excluding hydrogens is 510 g/mol. The second-order valence-electron chi connectivity index (χ2n) is 10.7. The highest BCUT2D eigenvalue weighted by Crippen LogP contribution is 2.86. The van der Waals surface area contributed by atoms with E-state index in [4.69, 9.17) is 4.98 Å². The molecule has 0 saturated heterocycles. The number of anilines is 1. The summed E-state index contributed by atoms with van der Waals surface area (Å²) in [5.41, 5.74) is 2.99. The first kappa shape index (κ1) is 23.3. The zero-order chi connectivity index (χ0) is 26.5. The number of halogens is 2. The quantitative estimate of drug-likeness (QED) is 0.406. The van der Waals surface area contributed by atoms with Crippen molar-refractivity contribution in [2.75, 3.05) is 11.0 Å². The summed E-state index contributed by atoms with van der Waals surface area (Å²) in [7, 11) is -3.45. The SMILES string of the molecule is CC12CC13CC[C@]2(c1cncc(-c2cc(NS(C)(=O)=O)ccn2)n1)c1nnc(-c2c(F)cccc2F)cc13. The van der Waals surface area contributed by atoms with Crippen LogP contribution >= 0.6 is 0 Å². The van der Waals surface area contributed by atoms with Gasteiger partial charge < -0.3 is 0 Å². The van der Waals surface area contributed by atoms with Crippen LogP contribution in [0, 0.1) is 17.0 Å². The number of rotatable bonds is 5. The fourth-order valence-corrected chi connectivity index (χ4v) is 7.63. The molecule has 2 bridgehead atoms. The van der Waals surface area contributed by atoms with Crippen LogP contribution in [0.25, 0.3) is 22.6 Å². The number of sulfonamides is 1. The van der Waals surface area contributed by atoms with Crippen LogP contribution in [-0.2, 0) is 20.9 Å². The molecule has 192 valence electrons. The molecule has 3 aliphatic carbocycles. The van der Waals surface area contributed by atoms with Crippen LogP contribution in [0.1, 0.15) is 43.1 Å². The average Bonchev–Trinajstić information content (AvgIpc) is 3.35.